The lowest BCUT2D eigenvalue weighted by atomic mass is 10.1. The van der Waals surface area contributed by atoms with Gasteiger partial charge in [0.1, 0.15) is 5.01 Å². The number of likely N-dealkylation sites (tertiary alicyclic amines) is 1. The first-order valence-electron chi connectivity index (χ1n) is 8.70. The van der Waals surface area contributed by atoms with Crippen LogP contribution in [-0.2, 0) is 17.5 Å². The minimum Gasteiger partial charge on any atom is -0.383 e. The number of thiazole rings is 1. The molecule has 2 heterocycles. The minimum absolute atomic E-state index is 0. The Bertz CT molecular complexity index is 577. The summed E-state index contributed by atoms with van der Waals surface area (Å²) in [7, 11) is 1.70. The van der Waals surface area contributed by atoms with Gasteiger partial charge in [0, 0.05) is 44.7 Å². The molecule has 0 aliphatic carbocycles. The van der Waals surface area contributed by atoms with Crippen molar-refractivity contribution in [1.82, 2.24) is 20.5 Å². The summed E-state index contributed by atoms with van der Waals surface area (Å²) in [6, 6.07) is 0.300. The molecule has 0 saturated carbocycles. The molecule has 0 bridgehead atoms. The maximum Gasteiger partial charge on any atom is 0.434 e. The highest BCUT2D eigenvalue weighted by Gasteiger charge is 2.33. The number of hydrogen-bond donors (Lipinski definition) is 2. The molecule has 0 spiro atoms. The first kappa shape index (κ1) is 24.4. The number of nitrogens with one attached hydrogen (secondary N) is 2. The van der Waals surface area contributed by atoms with Crippen LogP contribution in [-0.4, -0.2) is 61.8 Å². The van der Waals surface area contributed by atoms with E-state index in [0.29, 0.717) is 23.6 Å². The van der Waals surface area contributed by atoms with Crippen LogP contribution < -0.4 is 10.6 Å². The SMILES string of the molecule is CCNC(=NCc1nc(C(F)(F)F)cs1)NC1CCN(CCOC)CC1.I. The zero-order valence-electron chi connectivity index (χ0n) is 15.5. The van der Waals surface area contributed by atoms with Gasteiger partial charge in [-0.25, -0.2) is 9.98 Å². The Kier molecular flexibility index (Phi) is 10.9. The highest BCUT2D eigenvalue weighted by atomic mass is 127. The summed E-state index contributed by atoms with van der Waals surface area (Å²) in [5.41, 5.74) is -0.853. The number of methoxy groups -OCH3 is 1. The van der Waals surface area contributed by atoms with Crippen molar-refractivity contribution in [3.8, 4) is 0 Å². The average molecular weight is 521 g/mol. The van der Waals surface area contributed by atoms with Crippen LogP contribution in [0.3, 0.4) is 0 Å². The van der Waals surface area contributed by atoms with E-state index in [2.05, 4.69) is 25.5 Å². The molecule has 27 heavy (non-hydrogen) atoms. The number of piperidine rings is 1. The Morgan fingerprint density at radius 3 is 2.67 bits per heavy atom. The normalized spacial score (nSPS) is 16.9. The van der Waals surface area contributed by atoms with Crippen molar-refractivity contribution in [1.29, 1.82) is 0 Å². The molecule has 1 aromatic rings. The summed E-state index contributed by atoms with van der Waals surface area (Å²) in [6.07, 6.45) is -2.43. The summed E-state index contributed by atoms with van der Waals surface area (Å²) in [5.74, 6) is 0.617. The van der Waals surface area contributed by atoms with Crippen LogP contribution in [0, 0.1) is 0 Å². The van der Waals surface area contributed by atoms with Gasteiger partial charge in [-0.05, 0) is 19.8 Å². The predicted molar refractivity (Wildman–Crippen MR) is 112 cm³/mol. The van der Waals surface area contributed by atoms with E-state index in [-0.39, 0.29) is 30.5 Å². The number of aliphatic imine (C=N–C) groups is 1. The second-order valence-corrected chi connectivity index (χ2v) is 7.02. The average Bonchev–Trinajstić information content (AvgIpc) is 3.09. The lowest BCUT2D eigenvalue weighted by Crippen LogP contribution is -2.49. The summed E-state index contributed by atoms with van der Waals surface area (Å²) in [4.78, 5) is 10.4. The number of halogens is 4. The van der Waals surface area contributed by atoms with Gasteiger partial charge in [0.15, 0.2) is 11.7 Å². The third kappa shape index (κ3) is 8.48. The first-order valence-corrected chi connectivity index (χ1v) is 9.58. The molecule has 1 saturated heterocycles. The van der Waals surface area contributed by atoms with Crippen LogP contribution in [0.2, 0.25) is 0 Å². The molecule has 156 valence electrons. The summed E-state index contributed by atoms with van der Waals surface area (Å²) in [6.45, 7) is 6.41. The fourth-order valence-corrected chi connectivity index (χ4v) is 3.42. The molecule has 1 aromatic heterocycles. The Balaban J connectivity index is 0.00000364. The number of rotatable bonds is 7. The largest absolute Gasteiger partial charge is 0.434 e. The van der Waals surface area contributed by atoms with Crippen LogP contribution in [0.25, 0.3) is 0 Å². The van der Waals surface area contributed by atoms with E-state index >= 15 is 0 Å². The van der Waals surface area contributed by atoms with E-state index in [1.54, 1.807) is 7.11 Å². The standard InChI is InChI=1S/C16H26F3N5OS.HI/c1-3-20-15(21-10-14-23-13(11-26-14)16(17,18)19)22-12-4-6-24(7-5-12)8-9-25-2;/h11-12H,3-10H2,1-2H3,(H2,20,21,22);1H. The van der Waals surface area contributed by atoms with E-state index < -0.39 is 11.9 Å². The van der Waals surface area contributed by atoms with Crippen LogP contribution >= 0.6 is 35.3 Å². The maximum absolute atomic E-state index is 12.6. The van der Waals surface area contributed by atoms with Crippen LogP contribution in [0.4, 0.5) is 13.2 Å². The molecular formula is C16H27F3IN5OS. The molecule has 0 unspecified atom stereocenters. The van der Waals surface area contributed by atoms with Crippen molar-refractivity contribution >= 4 is 41.3 Å². The highest BCUT2D eigenvalue weighted by molar-refractivity contribution is 14.0. The number of aromatic nitrogens is 1. The first-order chi connectivity index (χ1) is 12.4. The molecule has 1 aliphatic rings. The van der Waals surface area contributed by atoms with Gasteiger partial charge in [0.2, 0.25) is 0 Å². The van der Waals surface area contributed by atoms with Gasteiger partial charge in [-0.1, -0.05) is 0 Å². The molecular weight excluding hydrogens is 494 g/mol. The molecule has 0 radical (unpaired) electrons. The molecule has 6 nitrogen and oxygen atoms in total. The fraction of sp³-hybridized carbons (Fsp3) is 0.750. The summed E-state index contributed by atoms with van der Waals surface area (Å²) in [5, 5.41) is 7.90. The van der Waals surface area contributed by atoms with Gasteiger partial charge in [0.25, 0.3) is 0 Å². The van der Waals surface area contributed by atoms with E-state index in [4.69, 9.17) is 4.74 Å². The monoisotopic (exact) mass is 521 g/mol. The molecule has 2 rings (SSSR count). The van der Waals surface area contributed by atoms with Crippen LogP contribution in [0.15, 0.2) is 10.4 Å². The lowest BCUT2D eigenvalue weighted by Gasteiger charge is -2.32. The quantitative estimate of drug-likeness (QED) is 0.329. The second-order valence-electron chi connectivity index (χ2n) is 6.07. The Morgan fingerprint density at radius 2 is 2.11 bits per heavy atom. The molecule has 11 heteroatoms. The number of alkyl halides is 3. The smallest absolute Gasteiger partial charge is 0.383 e. The fourth-order valence-electron chi connectivity index (χ4n) is 2.70. The van der Waals surface area contributed by atoms with Gasteiger partial charge in [-0.3, -0.25) is 0 Å². The number of nitrogens with zero attached hydrogens (tertiary/aromatic N) is 3. The molecule has 0 aromatic carbocycles. The molecule has 1 fully saturated rings. The van der Waals surface area contributed by atoms with E-state index in [9.17, 15) is 13.2 Å². The van der Waals surface area contributed by atoms with Crippen molar-refractivity contribution in [3.63, 3.8) is 0 Å². The molecule has 0 amide bonds. The third-order valence-corrected chi connectivity index (χ3v) is 4.93. The topological polar surface area (TPSA) is 61.8 Å². The van der Waals surface area contributed by atoms with E-state index in [1.807, 2.05) is 6.92 Å². The zero-order chi connectivity index (χ0) is 19.0. The minimum atomic E-state index is -4.40. The summed E-state index contributed by atoms with van der Waals surface area (Å²) < 4.78 is 42.9. The maximum atomic E-state index is 12.6. The van der Waals surface area contributed by atoms with Gasteiger partial charge in [-0.2, -0.15) is 13.2 Å². The highest BCUT2D eigenvalue weighted by Crippen LogP contribution is 2.30. The van der Waals surface area contributed by atoms with Gasteiger partial charge < -0.3 is 20.3 Å². The van der Waals surface area contributed by atoms with Crippen molar-refractivity contribution in [2.75, 3.05) is 39.9 Å². The van der Waals surface area contributed by atoms with Crippen LogP contribution in [0.1, 0.15) is 30.5 Å². The molecule has 0 atom stereocenters. The number of hydrogen-bond acceptors (Lipinski definition) is 5. The molecule has 1 aliphatic heterocycles. The third-order valence-electron chi connectivity index (χ3n) is 4.10. The van der Waals surface area contributed by atoms with E-state index in [0.717, 1.165) is 55.8 Å². The lowest BCUT2D eigenvalue weighted by molar-refractivity contribution is -0.140. The Morgan fingerprint density at radius 1 is 1.41 bits per heavy atom. The Hall–Kier alpha value is -0.660. The summed E-state index contributed by atoms with van der Waals surface area (Å²) >= 11 is 0.978. The number of guanidine groups is 1. The van der Waals surface area contributed by atoms with Gasteiger partial charge in [-0.15, -0.1) is 35.3 Å². The van der Waals surface area contributed by atoms with Crippen molar-refractivity contribution in [3.05, 3.63) is 16.1 Å². The second kappa shape index (κ2) is 12.0. The van der Waals surface area contributed by atoms with Crippen molar-refractivity contribution in [2.45, 2.75) is 38.5 Å². The number of ether oxygens (including phenoxy) is 1. The predicted octanol–water partition coefficient (Wildman–Crippen LogP) is 2.95. The van der Waals surface area contributed by atoms with Crippen molar-refractivity contribution in [2.24, 2.45) is 4.99 Å². The Labute approximate surface area is 179 Å². The van der Waals surface area contributed by atoms with Crippen molar-refractivity contribution < 1.29 is 17.9 Å². The van der Waals surface area contributed by atoms with E-state index in [1.165, 1.54) is 0 Å². The molecule has 2 N–H and O–H groups in total. The van der Waals surface area contributed by atoms with Crippen LogP contribution in [0.5, 0.6) is 0 Å². The zero-order valence-corrected chi connectivity index (χ0v) is 18.7. The van der Waals surface area contributed by atoms with Gasteiger partial charge >= 0.3 is 6.18 Å². The van der Waals surface area contributed by atoms with Gasteiger partial charge in [0.05, 0.1) is 13.2 Å².